The van der Waals surface area contributed by atoms with Crippen molar-refractivity contribution in [2.75, 3.05) is 7.05 Å². The highest BCUT2D eigenvalue weighted by atomic mass is 19.1. The normalized spacial score (nSPS) is 12.1. The maximum Gasteiger partial charge on any atom is 0.419 e. The molecular formula is C20H20FN3O5. The van der Waals surface area contributed by atoms with E-state index in [1.165, 1.54) is 34.9 Å². The van der Waals surface area contributed by atoms with Gasteiger partial charge in [-0.1, -0.05) is 12.1 Å². The fourth-order valence-corrected chi connectivity index (χ4v) is 3.13. The van der Waals surface area contributed by atoms with Crippen LogP contribution in [-0.2, 0) is 11.3 Å². The monoisotopic (exact) mass is 401 g/mol. The summed E-state index contributed by atoms with van der Waals surface area (Å²) in [6.45, 7) is 2.10. The van der Waals surface area contributed by atoms with Crippen molar-refractivity contribution >= 4 is 22.7 Å². The van der Waals surface area contributed by atoms with Crippen molar-refractivity contribution in [3.05, 3.63) is 74.5 Å². The molecule has 0 aliphatic rings. The Hall–Kier alpha value is -3.49. The number of hydrogen-bond donors (Lipinski definition) is 0. The van der Waals surface area contributed by atoms with Crippen molar-refractivity contribution in [2.45, 2.75) is 32.4 Å². The molecule has 0 radical (unpaired) electrons. The molecule has 29 heavy (non-hydrogen) atoms. The lowest BCUT2D eigenvalue weighted by Gasteiger charge is -2.25. The lowest BCUT2D eigenvalue weighted by atomic mass is 10.1. The molecule has 1 heterocycles. The van der Waals surface area contributed by atoms with Gasteiger partial charge in [-0.05, 0) is 37.1 Å². The average Bonchev–Trinajstić information content (AvgIpc) is 3.01. The zero-order valence-corrected chi connectivity index (χ0v) is 16.0. The number of nitrogens with zero attached hydrogens (tertiary/aromatic N) is 3. The molecule has 3 rings (SSSR count). The highest BCUT2D eigenvalue weighted by Gasteiger charge is 2.18. The van der Waals surface area contributed by atoms with Crippen LogP contribution in [0.15, 0.2) is 51.7 Å². The van der Waals surface area contributed by atoms with E-state index >= 15 is 0 Å². The third-order valence-electron chi connectivity index (χ3n) is 4.96. The first-order valence-electron chi connectivity index (χ1n) is 9.07. The highest BCUT2D eigenvalue weighted by Crippen LogP contribution is 2.22. The lowest BCUT2D eigenvalue weighted by Crippen LogP contribution is -2.29. The Kier molecular flexibility index (Phi) is 5.76. The predicted molar refractivity (Wildman–Crippen MR) is 104 cm³/mol. The second-order valence-corrected chi connectivity index (χ2v) is 6.76. The maximum absolute atomic E-state index is 13.1. The van der Waals surface area contributed by atoms with Crippen molar-refractivity contribution in [3.63, 3.8) is 0 Å². The van der Waals surface area contributed by atoms with Crippen LogP contribution in [0.4, 0.5) is 10.1 Å². The first kappa shape index (κ1) is 20.2. The number of aromatic nitrogens is 1. The topological polar surface area (TPSA) is 98.6 Å². The third kappa shape index (κ3) is 4.34. The molecule has 2 aromatic carbocycles. The highest BCUT2D eigenvalue weighted by molar-refractivity contribution is 5.77. The van der Waals surface area contributed by atoms with Gasteiger partial charge < -0.3 is 9.32 Å². The molecule has 1 unspecified atom stereocenters. The Labute approximate surface area is 165 Å². The molecule has 8 nitrogen and oxygen atoms in total. The molecule has 3 aromatic rings. The Balaban J connectivity index is 1.64. The minimum absolute atomic E-state index is 0.113. The summed E-state index contributed by atoms with van der Waals surface area (Å²) >= 11 is 0. The first-order valence-corrected chi connectivity index (χ1v) is 9.07. The molecule has 0 saturated heterocycles. The van der Waals surface area contributed by atoms with Gasteiger partial charge >= 0.3 is 5.76 Å². The smallest absolute Gasteiger partial charge is 0.407 e. The van der Waals surface area contributed by atoms with E-state index < -0.39 is 10.7 Å². The van der Waals surface area contributed by atoms with Gasteiger partial charge in [0.15, 0.2) is 5.58 Å². The number of halogens is 1. The molecule has 9 heteroatoms. The molecule has 1 amide bonds. The van der Waals surface area contributed by atoms with Gasteiger partial charge in [0, 0.05) is 26.1 Å². The van der Waals surface area contributed by atoms with Crippen molar-refractivity contribution in [1.82, 2.24) is 9.47 Å². The molecule has 1 aromatic heterocycles. The summed E-state index contributed by atoms with van der Waals surface area (Å²) in [4.78, 5) is 36.4. The summed E-state index contributed by atoms with van der Waals surface area (Å²) in [5.41, 5.74) is 1.24. The van der Waals surface area contributed by atoms with E-state index in [1.54, 1.807) is 24.1 Å². The van der Waals surface area contributed by atoms with E-state index in [0.717, 1.165) is 5.56 Å². The van der Waals surface area contributed by atoms with E-state index in [-0.39, 0.29) is 42.0 Å². The second-order valence-electron chi connectivity index (χ2n) is 6.76. The fraction of sp³-hybridized carbons (Fsp3) is 0.300. The largest absolute Gasteiger partial charge is 0.419 e. The van der Waals surface area contributed by atoms with Crippen LogP contribution in [0.2, 0.25) is 0 Å². The number of non-ortho nitro benzene ring substituents is 1. The van der Waals surface area contributed by atoms with Gasteiger partial charge in [-0.2, -0.15) is 0 Å². The van der Waals surface area contributed by atoms with Crippen LogP contribution in [0, 0.1) is 15.9 Å². The average molecular weight is 401 g/mol. The van der Waals surface area contributed by atoms with Crippen LogP contribution < -0.4 is 5.76 Å². The first-order chi connectivity index (χ1) is 13.8. The summed E-state index contributed by atoms with van der Waals surface area (Å²) in [5, 5.41) is 10.8. The van der Waals surface area contributed by atoms with Gasteiger partial charge in [0.2, 0.25) is 5.91 Å². The van der Waals surface area contributed by atoms with Gasteiger partial charge in [0.25, 0.3) is 5.69 Å². The van der Waals surface area contributed by atoms with Crippen molar-refractivity contribution < 1.29 is 18.5 Å². The van der Waals surface area contributed by atoms with Gasteiger partial charge in [0.1, 0.15) is 5.82 Å². The number of oxazole rings is 1. The molecule has 0 saturated carbocycles. The summed E-state index contributed by atoms with van der Waals surface area (Å²) < 4.78 is 19.5. The van der Waals surface area contributed by atoms with Crippen LogP contribution in [0.25, 0.3) is 11.1 Å². The van der Waals surface area contributed by atoms with Crippen LogP contribution in [0.3, 0.4) is 0 Å². The van der Waals surface area contributed by atoms with E-state index in [9.17, 15) is 24.1 Å². The van der Waals surface area contributed by atoms with Gasteiger partial charge in [-0.25, -0.2) is 9.18 Å². The number of rotatable bonds is 7. The Morgan fingerprint density at radius 3 is 2.62 bits per heavy atom. The van der Waals surface area contributed by atoms with Crippen LogP contribution in [0.5, 0.6) is 0 Å². The van der Waals surface area contributed by atoms with E-state index in [2.05, 4.69) is 0 Å². The summed E-state index contributed by atoms with van der Waals surface area (Å²) in [6, 6.07) is 9.73. The lowest BCUT2D eigenvalue weighted by molar-refractivity contribution is -0.384. The minimum Gasteiger partial charge on any atom is -0.407 e. The molecule has 0 aliphatic carbocycles. The number of aryl methyl sites for hydroxylation is 1. The Morgan fingerprint density at radius 2 is 1.97 bits per heavy atom. The predicted octanol–water partition coefficient (Wildman–Crippen LogP) is 3.64. The van der Waals surface area contributed by atoms with Crippen LogP contribution in [-0.4, -0.2) is 27.3 Å². The molecule has 0 bridgehead atoms. The SMILES string of the molecule is CC(c1ccc(F)cc1)N(C)C(=O)CCCn1c(=O)oc2cc([N+](=O)[O-])ccc21. The number of hydrogen-bond acceptors (Lipinski definition) is 5. The minimum atomic E-state index is -0.624. The van der Waals surface area contributed by atoms with E-state index in [1.807, 2.05) is 6.92 Å². The molecule has 152 valence electrons. The molecule has 0 aliphatic heterocycles. The number of nitro benzene ring substituents is 1. The fourth-order valence-electron chi connectivity index (χ4n) is 3.13. The van der Waals surface area contributed by atoms with E-state index in [0.29, 0.717) is 11.9 Å². The van der Waals surface area contributed by atoms with Crippen molar-refractivity contribution in [2.24, 2.45) is 0 Å². The maximum atomic E-state index is 13.1. The molecule has 0 N–H and O–H groups in total. The molecular weight excluding hydrogens is 381 g/mol. The summed E-state index contributed by atoms with van der Waals surface area (Å²) in [5.74, 6) is -1.07. The zero-order chi connectivity index (χ0) is 21.1. The van der Waals surface area contributed by atoms with Gasteiger partial charge in [-0.15, -0.1) is 0 Å². The van der Waals surface area contributed by atoms with Crippen LogP contribution in [0.1, 0.15) is 31.4 Å². The summed E-state index contributed by atoms with van der Waals surface area (Å²) in [6.07, 6.45) is 0.596. The quantitative estimate of drug-likeness (QED) is 0.445. The molecule has 1 atom stereocenters. The molecule has 0 fully saturated rings. The summed E-state index contributed by atoms with van der Waals surface area (Å²) in [7, 11) is 1.68. The number of nitro groups is 1. The second kappa shape index (κ2) is 8.26. The number of carbonyl (C=O) groups excluding carboxylic acids is 1. The van der Waals surface area contributed by atoms with Crippen molar-refractivity contribution in [3.8, 4) is 0 Å². The van der Waals surface area contributed by atoms with Gasteiger partial charge in [-0.3, -0.25) is 19.5 Å². The standard InChI is InChI=1S/C20H20FN3O5/c1-13(14-5-7-15(21)8-6-14)22(2)19(25)4-3-11-23-17-10-9-16(24(27)28)12-18(17)29-20(23)26/h5-10,12-13H,3-4,11H2,1-2H3. The van der Waals surface area contributed by atoms with Crippen LogP contribution >= 0.6 is 0 Å². The Morgan fingerprint density at radius 1 is 1.28 bits per heavy atom. The number of carbonyl (C=O) groups is 1. The Bertz CT molecular complexity index is 1100. The van der Waals surface area contributed by atoms with E-state index in [4.69, 9.17) is 4.42 Å². The zero-order valence-electron chi connectivity index (χ0n) is 16.0. The number of fused-ring (bicyclic) bond motifs is 1. The number of amides is 1. The third-order valence-corrected chi connectivity index (χ3v) is 4.96. The molecule has 0 spiro atoms. The van der Waals surface area contributed by atoms with Gasteiger partial charge in [0.05, 0.1) is 22.5 Å². The van der Waals surface area contributed by atoms with Crippen molar-refractivity contribution in [1.29, 1.82) is 0 Å². The number of benzene rings is 2.